The highest BCUT2D eigenvalue weighted by atomic mass is 19.1. The van der Waals surface area contributed by atoms with E-state index >= 15 is 0 Å². The molecule has 4 unspecified atom stereocenters. The van der Waals surface area contributed by atoms with Gasteiger partial charge in [0.05, 0.1) is 12.8 Å². The summed E-state index contributed by atoms with van der Waals surface area (Å²) in [5.74, 6) is 0.953. The van der Waals surface area contributed by atoms with Crippen LogP contribution in [0.15, 0.2) is 0 Å². The number of halogens is 1. The van der Waals surface area contributed by atoms with Crippen LogP contribution in [0.1, 0.15) is 41.0 Å². The molecule has 0 amide bonds. The molecular weight excluding hydrogens is 191 g/mol. The van der Waals surface area contributed by atoms with Crippen molar-refractivity contribution in [1.29, 1.82) is 0 Å². The Morgan fingerprint density at radius 3 is 2.13 bits per heavy atom. The van der Waals surface area contributed by atoms with Crippen molar-refractivity contribution in [3.05, 3.63) is 0 Å². The van der Waals surface area contributed by atoms with Crippen molar-refractivity contribution < 1.29 is 9.50 Å². The Labute approximate surface area is 93.1 Å². The molecule has 0 aromatic heterocycles. The van der Waals surface area contributed by atoms with E-state index in [0.717, 1.165) is 6.42 Å². The molecule has 1 aliphatic carbocycles. The molecule has 1 saturated carbocycles. The highest BCUT2D eigenvalue weighted by Gasteiger charge is 2.52. The fourth-order valence-electron chi connectivity index (χ4n) is 3.03. The van der Waals surface area contributed by atoms with Gasteiger partial charge in [0, 0.05) is 5.92 Å². The first-order valence-corrected chi connectivity index (χ1v) is 6.08. The molecule has 0 spiro atoms. The van der Waals surface area contributed by atoms with Crippen molar-refractivity contribution in [2.75, 3.05) is 6.67 Å². The molecule has 1 nitrogen and oxygen atoms in total. The lowest BCUT2D eigenvalue weighted by atomic mass is 9.71. The summed E-state index contributed by atoms with van der Waals surface area (Å²) in [6.07, 6.45) is 0.500. The third-order valence-electron chi connectivity index (χ3n) is 4.71. The Morgan fingerprint density at radius 1 is 1.33 bits per heavy atom. The Bertz CT molecular complexity index is 215. The third-order valence-corrected chi connectivity index (χ3v) is 4.71. The molecule has 1 aliphatic rings. The standard InChI is InChI=1S/C13H25FO/c1-8(2)10-6-13(5,9(3)4)11(7-14)12(10)15/h8-12,15H,6-7H2,1-5H3. The van der Waals surface area contributed by atoms with Crippen molar-refractivity contribution >= 4 is 0 Å². The van der Waals surface area contributed by atoms with E-state index in [1.54, 1.807) is 0 Å². The predicted octanol–water partition coefficient (Wildman–Crippen LogP) is 3.27. The molecule has 0 radical (unpaired) electrons. The van der Waals surface area contributed by atoms with Gasteiger partial charge in [-0.1, -0.05) is 34.6 Å². The van der Waals surface area contributed by atoms with Gasteiger partial charge < -0.3 is 5.11 Å². The lowest BCUT2D eigenvalue weighted by Gasteiger charge is -2.35. The van der Waals surface area contributed by atoms with Gasteiger partial charge in [0.15, 0.2) is 0 Å². The summed E-state index contributed by atoms with van der Waals surface area (Å²) >= 11 is 0. The highest BCUT2D eigenvalue weighted by Crippen LogP contribution is 2.53. The average molecular weight is 216 g/mol. The van der Waals surface area contributed by atoms with E-state index in [1.807, 2.05) is 0 Å². The average Bonchev–Trinajstić information content (AvgIpc) is 2.39. The number of hydrogen-bond acceptors (Lipinski definition) is 1. The number of alkyl halides is 1. The van der Waals surface area contributed by atoms with Crippen LogP contribution in [0.2, 0.25) is 0 Å². The largest absolute Gasteiger partial charge is 0.392 e. The van der Waals surface area contributed by atoms with Crippen LogP contribution < -0.4 is 0 Å². The third kappa shape index (κ3) is 2.06. The molecule has 0 aromatic rings. The molecule has 4 atom stereocenters. The second kappa shape index (κ2) is 4.40. The van der Waals surface area contributed by atoms with E-state index in [-0.39, 0.29) is 23.9 Å². The summed E-state index contributed by atoms with van der Waals surface area (Å²) in [5.41, 5.74) is -0.0386. The van der Waals surface area contributed by atoms with Crippen molar-refractivity contribution in [3.63, 3.8) is 0 Å². The summed E-state index contributed by atoms with van der Waals surface area (Å²) in [6.45, 7) is 10.3. The van der Waals surface area contributed by atoms with Crippen LogP contribution >= 0.6 is 0 Å². The molecule has 0 saturated heterocycles. The highest BCUT2D eigenvalue weighted by molar-refractivity contribution is 5.00. The Balaban J connectivity index is 2.92. The monoisotopic (exact) mass is 216 g/mol. The maximum Gasteiger partial charge on any atom is 0.0952 e. The van der Waals surface area contributed by atoms with Crippen molar-refractivity contribution in [2.45, 2.75) is 47.1 Å². The molecule has 1 fully saturated rings. The van der Waals surface area contributed by atoms with Crippen LogP contribution in [0.4, 0.5) is 4.39 Å². The Morgan fingerprint density at radius 2 is 1.87 bits per heavy atom. The molecule has 1 rings (SSSR count). The number of aliphatic hydroxyl groups excluding tert-OH is 1. The van der Waals surface area contributed by atoms with Crippen LogP contribution in [0.5, 0.6) is 0 Å². The predicted molar refractivity (Wildman–Crippen MR) is 61.4 cm³/mol. The van der Waals surface area contributed by atoms with Gasteiger partial charge in [-0.15, -0.1) is 0 Å². The van der Waals surface area contributed by atoms with E-state index in [4.69, 9.17) is 0 Å². The summed E-state index contributed by atoms with van der Waals surface area (Å²) < 4.78 is 13.1. The van der Waals surface area contributed by atoms with Crippen molar-refractivity contribution in [3.8, 4) is 0 Å². The second-order valence-corrected chi connectivity index (χ2v) is 6.02. The van der Waals surface area contributed by atoms with E-state index < -0.39 is 6.10 Å². The first kappa shape index (κ1) is 13.0. The molecule has 2 heteroatoms. The summed E-state index contributed by atoms with van der Waals surface area (Å²) in [7, 11) is 0. The van der Waals surface area contributed by atoms with Gasteiger partial charge in [-0.3, -0.25) is 4.39 Å². The van der Waals surface area contributed by atoms with Crippen molar-refractivity contribution in [1.82, 2.24) is 0 Å². The molecule has 90 valence electrons. The molecule has 15 heavy (non-hydrogen) atoms. The quantitative estimate of drug-likeness (QED) is 0.767. The van der Waals surface area contributed by atoms with Crippen LogP contribution in [0.25, 0.3) is 0 Å². The minimum absolute atomic E-state index is 0.0386. The number of aliphatic hydroxyl groups is 1. The van der Waals surface area contributed by atoms with E-state index in [9.17, 15) is 9.50 Å². The maximum atomic E-state index is 13.1. The van der Waals surface area contributed by atoms with Gasteiger partial charge in [-0.05, 0) is 29.6 Å². The zero-order valence-electron chi connectivity index (χ0n) is 10.6. The van der Waals surface area contributed by atoms with Crippen LogP contribution in [-0.4, -0.2) is 17.9 Å². The fraction of sp³-hybridized carbons (Fsp3) is 1.00. The lowest BCUT2D eigenvalue weighted by Crippen LogP contribution is -2.34. The molecule has 0 heterocycles. The first-order valence-electron chi connectivity index (χ1n) is 6.08. The first-order chi connectivity index (χ1) is 6.84. The number of hydrogen-bond donors (Lipinski definition) is 1. The van der Waals surface area contributed by atoms with Crippen LogP contribution in [0, 0.1) is 29.1 Å². The Kier molecular flexibility index (Phi) is 3.80. The van der Waals surface area contributed by atoms with Gasteiger partial charge in [-0.2, -0.15) is 0 Å². The van der Waals surface area contributed by atoms with E-state index in [0.29, 0.717) is 11.8 Å². The van der Waals surface area contributed by atoms with Gasteiger partial charge in [0.25, 0.3) is 0 Å². The molecule has 1 N–H and O–H groups in total. The summed E-state index contributed by atoms with van der Waals surface area (Å²) in [6, 6.07) is 0. The molecule has 0 aliphatic heterocycles. The van der Waals surface area contributed by atoms with Gasteiger partial charge in [-0.25, -0.2) is 0 Å². The van der Waals surface area contributed by atoms with Gasteiger partial charge in [0.2, 0.25) is 0 Å². The van der Waals surface area contributed by atoms with Crippen LogP contribution in [0.3, 0.4) is 0 Å². The molecule has 0 bridgehead atoms. The zero-order valence-corrected chi connectivity index (χ0v) is 10.6. The fourth-order valence-corrected chi connectivity index (χ4v) is 3.03. The van der Waals surface area contributed by atoms with E-state index in [1.165, 1.54) is 0 Å². The van der Waals surface area contributed by atoms with Crippen LogP contribution in [-0.2, 0) is 0 Å². The van der Waals surface area contributed by atoms with Crippen molar-refractivity contribution in [2.24, 2.45) is 29.1 Å². The normalized spacial score (nSPS) is 41.8. The van der Waals surface area contributed by atoms with Gasteiger partial charge in [0.1, 0.15) is 0 Å². The maximum absolute atomic E-state index is 13.1. The topological polar surface area (TPSA) is 20.2 Å². The van der Waals surface area contributed by atoms with Gasteiger partial charge >= 0.3 is 0 Å². The molecule has 0 aromatic carbocycles. The lowest BCUT2D eigenvalue weighted by molar-refractivity contribution is 0.0261. The second-order valence-electron chi connectivity index (χ2n) is 6.02. The van der Waals surface area contributed by atoms with E-state index in [2.05, 4.69) is 34.6 Å². The minimum Gasteiger partial charge on any atom is -0.392 e. The summed E-state index contributed by atoms with van der Waals surface area (Å²) in [4.78, 5) is 0. The zero-order chi connectivity index (χ0) is 11.8. The Hall–Kier alpha value is -0.110. The number of rotatable bonds is 3. The minimum atomic E-state index is -0.456. The SMILES string of the molecule is CC(C)C1CC(C)(C(C)C)C(CF)C1O. The summed E-state index contributed by atoms with van der Waals surface area (Å²) in [5, 5.41) is 10.2. The molecular formula is C13H25FO. The smallest absolute Gasteiger partial charge is 0.0952 e.